The Labute approximate surface area is 112 Å². The summed E-state index contributed by atoms with van der Waals surface area (Å²) in [6, 6.07) is 6.06. The molecule has 0 amide bonds. The summed E-state index contributed by atoms with van der Waals surface area (Å²) in [5.74, 6) is 1.55. The Hall–Kier alpha value is -0.800. The molecule has 94 valence electrons. The second kappa shape index (κ2) is 7.51. The fourth-order valence-corrected chi connectivity index (χ4v) is 2.00. The Bertz CT molecular complexity index is 374. The van der Waals surface area contributed by atoms with Gasteiger partial charge in [0.05, 0.1) is 11.6 Å². The molecule has 2 nitrogen and oxygen atoms in total. The highest BCUT2D eigenvalue weighted by atomic mass is 79.9. The molecule has 1 aromatic rings. The normalized spacial score (nSPS) is 11.4. The first-order chi connectivity index (χ1) is 8.13. The van der Waals surface area contributed by atoms with Gasteiger partial charge < -0.3 is 10.1 Å². The number of halogens is 1. The summed E-state index contributed by atoms with van der Waals surface area (Å²) in [5, 5.41) is 3.37. The van der Waals surface area contributed by atoms with Crippen LogP contribution < -0.4 is 10.1 Å². The molecule has 1 aromatic carbocycles. The molecule has 0 saturated heterocycles. The quantitative estimate of drug-likeness (QED) is 0.808. The molecule has 0 aromatic heterocycles. The largest absolute Gasteiger partial charge is 0.496 e. The molecule has 0 aliphatic heterocycles. The van der Waals surface area contributed by atoms with E-state index in [-0.39, 0.29) is 0 Å². The van der Waals surface area contributed by atoms with Crippen LogP contribution in [0.25, 0.3) is 6.08 Å². The Kier molecular flexibility index (Phi) is 6.30. The number of hydrogen-bond acceptors (Lipinski definition) is 2. The third-order valence-corrected chi connectivity index (χ3v) is 2.92. The van der Waals surface area contributed by atoms with Crippen molar-refractivity contribution in [2.45, 2.75) is 13.8 Å². The molecule has 0 aliphatic rings. The predicted molar refractivity (Wildman–Crippen MR) is 77.4 cm³/mol. The van der Waals surface area contributed by atoms with Crippen LogP contribution in [0, 0.1) is 5.92 Å². The SMILES string of the molecule is COc1ccc(C=CCNCC(C)C)cc1Br. The Morgan fingerprint density at radius 3 is 2.76 bits per heavy atom. The zero-order valence-corrected chi connectivity index (χ0v) is 12.3. The molecular weight excluding hydrogens is 278 g/mol. The average molecular weight is 298 g/mol. The molecule has 0 atom stereocenters. The van der Waals surface area contributed by atoms with E-state index in [0.717, 1.165) is 23.3 Å². The van der Waals surface area contributed by atoms with Crippen molar-refractivity contribution in [3.05, 3.63) is 34.3 Å². The van der Waals surface area contributed by atoms with Crippen LogP contribution in [0.5, 0.6) is 5.75 Å². The first-order valence-electron chi connectivity index (χ1n) is 5.84. The third-order valence-electron chi connectivity index (χ3n) is 2.30. The Morgan fingerprint density at radius 2 is 2.18 bits per heavy atom. The summed E-state index contributed by atoms with van der Waals surface area (Å²) in [4.78, 5) is 0. The number of nitrogens with one attached hydrogen (secondary N) is 1. The minimum absolute atomic E-state index is 0.693. The van der Waals surface area contributed by atoms with Gasteiger partial charge in [-0.25, -0.2) is 0 Å². The number of methoxy groups -OCH3 is 1. The summed E-state index contributed by atoms with van der Waals surface area (Å²) >= 11 is 3.47. The van der Waals surface area contributed by atoms with Gasteiger partial charge in [-0.05, 0) is 46.1 Å². The first kappa shape index (κ1) is 14.3. The van der Waals surface area contributed by atoms with Crippen molar-refractivity contribution in [1.29, 1.82) is 0 Å². The molecule has 0 heterocycles. The molecule has 0 saturated carbocycles. The summed E-state index contributed by atoms with van der Waals surface area (Å²) in [6.07, 6.45) is 4.24. The van der Waals surface area contributed by atoms with E-state index in [1.54, 1.807) is 7.11 Å². The molecule has 3 heteroatoms. The molecule has 0 bridgehead atoms. The van der Waals surface area contributed by atoms with Crippen LogP contribution in [0.3, 0.4) is 0 Å². The van der Waals surface area contributed by atoms with Crippen LogP contribution in [-0.2, 0) is 0 Å². The summed E-state index contributed by atoms with van der Waals surface area (Å²) in [7, 11) is 1.67. The molecule has 17 heavy (non-hydrogen) atoms. The average Bonchev–Trinajstić information content (AvgIpc) is 2.28. The molecule has 0 unspecified atom stereocenters. The first-order valence-corrected chi connectivity index (χ1v) is 6.63. The predicted octanol–water partition coefficient (Wildman–Crippen LogP) is 3.72. The van der Waals surface area contributed by atoms with E-state index in [2.05, 4.69) is 53.3 Å². The van der Waals surface area contributed by atoms with Crippen molar-refractivity contribution in [2.24, 2.45) is 5.92 Å². The molecule has 1 rings (SSSR count). The second-order valence-corrected chi connectivity index (χ2v) is 5.20. The maximum atomic E-state index is 5.19. The van der Waals surface area contributed by atoms with Crippen LogP contribution in [0.1, 0.15) is 19.4 Å². The lowest BCUT2D eigenvalue weighted by molar-refractivity contribution is 0.412. The lowest BCUT2D eigenvalue weighted by Crippen LogP contribution is -2.19. The van der Waals surface area contributed by atoms with E-state index in [1.165, 1.54) is 5.56 Å². The summed E-state index contributed by atoms with van der Waals surface area (Å²) in [5.41, 5.74) is 1.17. The molecule has 0 aliphatic carbocycles. The standard InChI is InChI=1S/C14H20BrNO/c1-11(2)10-16-8-4-5-12-6-7-14(17-3)13(15)9-12/h4-7,9,11,16H,8,10H2,1-3H3. The molecule has 0 spiro atoms. The van der Waals surface area contributed by atoms with E-state index in [4.69, 9.17) is 4.74 Å². The van der Waals surface area contributed by atoms with Crippen LogP contribution in [0.15, 0.2) is 28.7 Å². The smallest absolute Gasteiger partial charge is 0.133 e. The minimum atomic E-state index is 0.693. The molecule has 1 N–H and O–H groups in total. The highest BCUT2D eigenvalue weighted by Crippen LogP contribution is 2.25. The van der Waals surface area contributed by atoms with E-state index < -0.39 is 0 Å². The number of rotatable bonds is 6. The highest BCUT2D eigenvalue weighted by molar-refractivity contribution is 9.10. The van der Waals surface area contributed by atoms with Crippen molar-refractivity contribution in [3.8, 4) is 5.75 Å². The van der Waals surface area contributed by atoms with E-state index >= 15 is 0 Å². The van der Waals surface area contributed by atoms with Crippen molar-refractivity contribution >= 4 is 22.0 Å². The van der Waals surface area contributed by atoms with Crippen molar-refractivity contribution in [1.82, 2.24) is 5.32 Å². The summed E-state index contributed by atoms with van der Waals surface area (Å²) < 4.78 is 6.17. The fourth-order valence-electron chi connectivity index (χ4n) is 1.44. The van der Waals surface area contributed by atoms with Gasteiger partial charge in [-0.2, -0.15) is 0 Å². The zero-order chi connectivity index (χ0) is 12.7. The molecule has 0 fully saturated rings. The highest BCUT2D eigenvalue weighted by Gasteiger charge is 1.98. The number of ether oxygens (including phenoxy) is 1. The van der Waals surface area contributed by atoms with E-state index in [1.807, 2.05) is 12.1 Å². The molecule has 0 radical (unpaired) electrons. The van der Waals surface area contributed by atoms with Gasteiger partial charge in [0.15, 0.2) is 0 Å². The van der Waals surface area contributed by atoms with Crippen LogP contribution in [0.2, 0.25) is 0 Å². The minimum Gasteiger partial charge on any atom is -0.496 e. The van der Waals surface area contributed by atoms with Gasteiger partial charge in [0.25, 0.3) is 0 Å². The third kappa shape index (κ3) is 5.37. The van der Waals surface area contributed by atoms with Crippen LogP contribution >= 0.6 is 15.9 Å². The van der Waals surface area contributed by atoms with Crippen molar-refractivity contribution in [3.63, 3.8) is 0 Å². The fraction of sp³-hybridized carbons (Fsp3) is 0.429. The van der Waals surface area contributed by atoms with Gasteiger partial charge in [0.2, 0.25) is 0 Å². The number of hydrogen-bond donors (Lipinski definition) is 1. The maximum Gasteiger partial charge on any atom is 0.133 e. The number of benzene rings is 1. The van der Waals surface area contributed by atoms with Gasteiger partial charge >= 0.3 is 0 Å². The van der Waals surface area contributed by atoms with Gasteiger partial charge in [0.1, 0.15) is 5.75 Å². The second-order valence-electron chi connectivity index (χ2n) is 4.35. The van der Waals surface area contributed by atoms with E-state index in [9.17, 15) is 0 Å². The van der Waals surface area contributed by atoms with Crippen molar-refractivity contribution in [2.75, 3.05) is 20.2 Å². The van der Waals surface area contributed by atoms with Gasteiger partial charge in [-0.3, -0.25) is 0 Å². The van der Waals surface area contributed by atoms with Gasteiger partial charge in [-0.15, -0.1) is 0 Å². The zero-order valence-electron chi connectivity index (χ0n) is 10.7. The van der Waals surface area contributed by atoms with Gasteiger partial charge in [-0.1, -0.05) is 32.1 Å². The van der Waals surface area contributed by atoms with Crippen LogP contribution in [0.4, 0.5) is 0 Å². The monoisotopic (exact) mass is 297 g/mol. The Morgan fingerprint density at radius 1 is 1.41 bits per heavy atom. The van der Waals surface area contributed by atoms with E-state index in [0.29, 0.717) is 5.92 Å². The van der Waals surface area contributed by atoms with Crippen LogP contribution in [-0.4, -0.2) is 20.2 Å². The lowest BCUT2D eigenvalue weighted by atomic mass is 10.2. The van der Waals surface area contributed by atoms with Crippen molar-refractivity contribution < 1.29 is 4.74 Å². The lowest BCUT2D eigenvalue weighted by Gasteiger charge is -2.05. The van der Waals surface area contributed by atoms with Gasteiger partial charge in [0, 0.05) is 6.54 Å². The topological polar surface area (TPSA) is 21.3 Å². The Balaban J connectivity index is 2.46. The summed E-state index contributed by atoms with van der Waals surface area (Å²) in [6.45, 7) is 6.37. The molecular formula is C14H20BrNO. The maximum absolute atomic E-state index is 5.19.